The highest BCUT2D eigenvalue weighted by Gasteiger charge is 2.29. The van der Waals surface area contributed by atoms with Crippen molar-refractivity contribution in [1.29, 1.82) is 0 Å². The van der Waals surface area contributed by atoms with Crippen molar-refractivity contribution in [2.24, 2.45) is 0 Å². The monoisotopic (exact) mass is 312 g/mol. The van der Waals surface area contributed by atoms with Crippen molar-refractivity contribution in [3.8, 4) is 5.69 Å². The molecule has 2 heterocycles. The van der Waals surface area contributed by atoms with Gasteiger partial charge in [-0.15, -0.1) is 0 Å². The second kappa shape index (κ2) is 6.96. The molecule has 0 aliphatic carbocycles. The lowest BCUT2D eigenvalue weighted by atomic mass is 10.2. The van der Waals surface area contributed by atoms with Gasteiger partial charge in [0.15, 0.2) is 0 Å². The van der Waals surface area contributed by atoms with Crippen LogP contribution in [0.25, 0.3) is 5.69 Å². The maximum Gasteiger partial charge on any atom is 0.253 e. The maximum atomic E-state index is 12.7. The van der Waals surface area contributed by atoms with Crippen LogP contribution in [-0.2, 0) is 0 Å². The van der Waals surface area contributed by atoms with E-state index in [-0.39, 0.29) is 5.91 Å². The van der Waals surface area contributed by atoms with Crippen LogP contribution in [0.3, 0.4) is 0 Å². The summed E-state index contributed by atoms with van der Waals surface area (Å²) in [5.41, 5.74) is 1.77. The van der Waals surface area contributed by atoms with Crippen LogP contribution in [-0.4, -0.2) is 57.5 Å². The summed E-state index contributed by atoms with van der Waals surface area (Å²) in [6, 6.07) is 8.24. The molecule has 0 bridgehead atoms. The van der Waals surface area contributed by atoms with E-state index in [2.05, 4.69) is 23.7 Å². The Morgan fingerprint density at radius 3 is 2.61 bits per heavy atom. The van der Waals surface area contributed by atoms with Crippen molar-refractivity contribution < 1.29 is 4.79 Å². The van der Waals surface area contributed by atoms with Crippen LogP contribution in [0.2, 0.25) is 0 Å². The van der Waals surface area contributed by atoms with Gasteiger partial charge in [0.25, 0.3) is 5.91 Å². The zero-order chi connectivity index (χ0) is 16.2. The molecule has 1 amide bonds. The number of carbonyl (C=O) groups excluding carboxylic acids is 1. The van der Waals surface area contributed by atoms with Gasteiger partial charge >= 0.3 is 0 Å². The molecule has 122 valence electrons. The standard InChI is InChI=1S/C18H24N4O/c1-3-20(4-2)17-9-11-21(13-17)18(23)15-5-7-16(8-6-15)22-12-10-19-14-22/h5-8,10,12,14,17H,3-4,9,11,13H2,1-2H3. The fraction of sp³-hybridized carbons (Fsp3) is 0.444. The van der Waals surface area contributed by atoms with Gasteiger partial charge in [-0.3, -0.25) is 9.69 Å². The van der Waals surface area contributed by atoms with Crippen molar-refractivity contribution in [1.82, 2.24) is 19.4 Å². The highest BCUT2D eigenvalue weighted by Crippen LogP contribution is 2.19. The smallest absolute Gasteiger partial charge is 0.253 e. The fourth-order valence-electron chi connectivity index (χ4n) is 3.33. The van der Waals surface area contributed by atoms with Gasteiger partial charge in [-0.1, -0.05) is 13.8 Å². The molecule has 3 rings (SSSR count). The summed E-state index contributed by atoms with van der Waals surface area (Å²) in [5.74, 6) is 0.136. The van der Waals surface area contributed by atoms with E-state index >= 15 is 0 Å². The molecule has 0 spiro atoms. The number of hydrogen-bond donors (Lipinski definition) is 0. The highest BCUT2D eigenvalue weighted by molar-refractivity contribution is 5.94. The number of aromatic nitrogens is 2. The lowest BCUT2D eigenvalue weighted by Crippen LogP contribution is -2.38. The van der Waals surface area contributed by atoms with Gasteiger partial charge < -0.3 is 9.47 Å². The van der Waals surface area contributed by atoms with E-state index in [1.165, 1.54) is 0 Å². The summed E-state index contributed by atoms with van der Waals surface area (Å²) < 4.78 is 1.93. The van der Waals surface area contributed by atoms with Crippen LogP contribution in [0.15, 0.2) is 43.0 Å². The highest BCUT2D eigenvalue weighted by atomic mass is 16.2. The van der Waals surface area contributed by atoms with Gasteiger partial charge in [0, 0.05) is 42.8 Å². The number of likely N-dealkylation sites (N-methyl/N-ethyl adjacent to an activating group) is 1. The summed E-state index contributed by atoms with van der Waals surface area (Å²) in [7, 11) is 0. The van der Waals surface area contributed by atoms with Gasteiger partial charge in [0.1, 0.15) is 0 Å². The molecule has 0 radical (unpaired) electrons. The molecule has 1 aliphatic rings. The molecule has 23 heavy (non-hydrogen) atoms. The second-order valence-corrected chi connectivity index (χ2v) is 5.93. The zero-order valence-electron chi connectivity index (χ0n) is 13.9. The van der Waals surface area contributed by atoms with Crippen molar-refractivity contribution in [2.75, 3.05) is 26.2 Å². The minimum atomic E-state index is 0.136. The fourth-order valence-corrected chi connectivity index (χ4v) is 3.33. The molecule has 1 atom stereocenters. The molecule has 1 fully saturated rings. The van der Waals surface area contributed by atoms with Crippen LogP contribution in [0.5, 0.6) is 0 Å². The number of imidazole rings is 1. The number of likely N-dealkylation sites (tertiary alicyclic amines) is 1. The molecule has 1 aromatic carbocycles. The predicted molar refractivity (Wildman–Crippen MR) is 90.8 cm³/mol. The van der Waals surface area contributed by atoms with Crippen LogP contribution in [0.4, 0.5) is 0 Å². The zero-order valence-corrected chi connectivity index (χ0v) is 13.9. The van der Waals surface area contributed by atoms with Gasteiger partial charge in [-0.2, -0.15) is 0 Å². The number of amides is 1. The van der Waals surface area contributed by atoms with Gasteiger partial charge in [0.05, 0.1) is 6.33 Å². The first-order valence-electron chi connectivity index (χ1n) is 8.34. The average molecular weight is 312 g/mol. The van der Waals surface area contributed by atoms with Crippen molar-refractivity contribution in [3.05, 3.63) is 48.5 Å². The summed E-state index contributed by atoms with van der Waals surface area (Å²) >= 11 is 0. The Kier molecular flexibility index (Phi) is 4.76. The Labute approximate surface area is 137 Å². The average Bonchev–Trinajstić information content (AvgIpc) is 3.28. The van der Waals surface area contributed by atoms with E-state index < -0.39 is 0 Å². The largest absolute Gasteiger partial charge is 0.337 e. The first kappa shape index (κ1) is 15.7. The van der Waals surface area contributed by atoms with E-state index in [1.807, 2.05) is 39.9 Å². The second-order valence-electron chi connectivity index (χ2n) is 5.93. The van der Waals surface area contributed by atoms with E-state index in [9.17, 15) is 4.79 Å². The number of hydrogen-bond acceptors (Lipinski definition) is 3. The Morgan fingerprint density at radius 2 is 2.00 bits per heavy atom. The van der Waals surface area contributed by atoms with Crippen LogP contribution < -0.4 is 0 Å². The van der Waals surface area contributed by atoms with Crippen LogP contribution >= 0.6 is 0 Å². The normalized spacial score (nSPS) is 17.9. The lowest BCUT2D eigenvalue weighted by Gasteiger charge is -2.26. The molecule has 2 aromatic rings. The van der Waals surface area contributed by atoms with E-state index in [0.717, 1.165) is 43.9 Å². The van der Waals surface area contributed by atoms with E-state index in [4.69, 9.17) is 0 Å². The number of nitrogens with zero attached hydrogens (tertiary/aromatic N) is 4. The maximum absolute atomic E-state index is 12.7. The first-order chi connectivity index (χ1) is 11.2. The first-order valence-corrected chi connectivity index (χ1v) is 8.34. The Bertz CT molecular complexity index is 632. The van der Waals surface area contributed by atoms with Crippen LogP contribution in [0.1, 0.15) is 30.6 Å². The summed E-state index contributed by atoms with van der Waals surface area (Å²) in [6.45, 7) is 8.14. The minimum Gasteiger partial charge on any atom is -0.337 e. The quantitative estimate of drug-likeness (QED) is 0.851. The lowest BCUT2D eigenvalue weighted by molar-refractivity contribution is 0.0778. The summed E-state index contributed by atoms with van der Waals surface area (Å²) in [5, 5.41) is 0. The van der Waals surface area contributed by atoms with E-state index in [1.54, 1.807) is 12.5 Å². The predicted octanol–water partition coefficient (Wildman–Crippen LogP) is 2.43. The van der Waals surface area contributed by atoms with Crippen molar-refractivity contribution >= 4 is 5.91 Å². The number of benzene rings is 1. The van der Waals surface area contributed by atoms with E-state index in [0.29, 0.717) is 6.04 Å². The van der Waals surface area contributed by atoms with Gasteiger partial charge in [-0.25, -0.2) is 4.98 Å². The third-order valence-electron chi connectivity index (χ3n) is 4.70. The third-order valence-corrected chi connectivity index (χ3v) is 4.70. The SMILES string of the molecule is CCN(CC)C1CCN(C(=O)c2ccc(-n3ccnc3)cc2)C1. The molecular formula is C18H24N4O. The Morgan fingerprint density at radius 1 is 1.26 bits per heavy atom. The van der Waals surface area contributed by atoms with Gasteiger partial charge in [-0.05, 0) is 43.8 Å². The molecule has 5 nitrogen and oxygen atoms in total. The van der Waals surface area contributed by atoms with Gasteiger partial charge in [0.2, 0.25) is 0 Å². The minimum absolute atomic E-state index is 0.136. The number of carbonyl (C=O) groups is 1. The molecule has 1 unspecified atom stereocenters. The topological polar surface area (TPSA) is 41.4 Å². The number of rotatable bonds is 5. The molecule has 5 heteroatoms. The Hall–Kier alpha value is -2.14. The molecular weight excluding hydrogens is 288 g/mol. The van der Waals surface area contributed by atoms with Crippen molar-refractivity contribution in [2.45, 2.75) is 26.3 Å². The third kappa shape index (κ3) is 3.29. The molecule has 1 aromatic heterocycles. The summed E-state index contributed by atoms with van der Waals surface area (Å²) in [4.78, 5) is 21.1. The molecule has 1 saturated heterocycles. The Balaban J connectivity index is 1.67. The summed E-state index contributed by atoms with van der Waals surface area (Å²) in [6.07, 6.45) is 6.47. The van der Waals surface area contributed by atoms with Crippen LogP contribution in [0, 0.1) is 0 Å². The molecule has 1 aliphatic heterocycles. The molecule has 0 saturated carbocycles. The molecule has 0 N–H and O–H groups in total. The van der Waals surface area contributed by atoms with Crippen molar-refractivity contribution in [3.63, 3.8) is 0 Å².